The van der Waals surface area contributed by atoms with E-state index < -0.39 is 11.6 Å². The molecule has 0 radical (unpaired) electrons. The molecule has 0 spiro atoms. The summed E-state index contributed by atoms with van der Waals surface area (Å²) in [5.74, 6) is 0.485. The molecule has 1 fully saturated rings. The molecule has 0 N–H and O–H groups in total. The summed E-state index contributed by atoms with van der Waals surface area (Å²) >= 11 is 0. The number of aryl methyl sites for hydroxylation is 2. The molecule has 1 saturated heterocycles. The van der Waals surface area contributed by atoms with Gasteiger partial charge in [0.1, 0.15) is 11.9 Å². The lowest BCUT2D eigenvalue weighted by atomic mass is 10.0. The van der Waals surface area contributed by atoms with Crippen molar-refractivity contribution in [1.29, 1.82) is 0 Å². The Hall–Kier alpha value is -1.58. The van der Waals surface area contributed by atoms with E-state index in [0.717, 1.165) is 24.2 Å². The molecule has 1 aliphatic heterocycles. The highest BCUT2D eigenvalue weighted by atomic mass is 19.1. The Bertz CT molecular complexity index is 514. The van der Waals surface area contributed by atoms with E-state index in [1.807, 2.05) is 19.9 Å². The monoisotopic (exact) mass is 293 g/mol. The number of amides is 1. The second-order valence-corrected chi connectivity index (χ2v) is 6.35. The molecule has 1 aliphatic rings. The SMILES string of the molecule is Cc1ccc(C)c(OC2CCN(C(=O)C(C)(C)F)CC2)c1. The topological polar surface area (TPSA) is 29.5 Å². The fourth-order valence-electron chi connectivity index (χ4n) is 2.57. The zero-order valence-corrected chi connectivity index (χ0v) is 13.3. The van der Waals surface area contributed by atoms with Crippen molar-refractivity contribution in [2.45, 2.75) is 52.3 Å². The second kappa shape index (κ2) is 6.04. The number of likely N-dealkylation sites (tertiary alicyclic amines) is 1. The number of rotatable bonds is 3. The molecule has 2 rings (SSSR count). The van der Waals surface area contributed by atoms with Crippen molar-refractivity contribution >= 4 is 5.91 Å². The summed E-state index contributed by atoms with van der Waals surface area (Å²) in [6.07, 6.45) is 1.59. The first kappa shape index (κ1) is 15.8. The maximum atomic E-state index is 13.7. The number of ether oxygens (including phenoxy) is 1. The number of hydrogen-bond donors (Lipinski definition) is 0. The molecule has 1 aromatic rings. The van der Waals surface area contributed by atoms with Crippen LogP contribution in [-0.2, 0) is 4.79 Å². The van der Waals surface area contributed by atoms with Gasteiger partial charge in [-0.05, 0) is 44.9 Å². The number of benzene rings is 1. The van der Waals surface area contributed by atoms with Gasteiger partial charge in [0.2, 0.25) is 0 Å². The smallest absolute Gasteiger partial charge is 0.259 e. The summed E-state index contributed by atoms with van der Waals surface area (Å²) in [7, 11) is 0. The molecule has 0 aromatic heterocycles. The quantitative estimate of drug-likeness (QED) is 0.854. The Balaban J connectivity index is 1.93. The molecule has 1 heterocycles. The van der Waals surface area contributed by atoms with Crippen LogP contribution in [0.1, 0.15) is 37.8 Å². The van der Waals surface area contributed by atoms with Crippen LogP contribution in [-0.4, -0.2) is 35.7 Å². The van der Waals surface area contributed by atoms with E-state index in [2.05, 4.69) is 12.1 Å². The number of carbonyl (C=O) groups is 1. The first-order chi connectivity index (χ1) is 9.77. The largest absolute Gasteiger partial charge is 0.490 e. The Kier molecular flexibility index (Phi) is 4.55. The molecular weight excluding hydrogens is 269 g/mol. The molecule has 0 atom stereocenters. The summed E-state index contributed by atoms with van der Waals surface area (Å²) in [4.78, 5) is 13.5. The van der Waals surface area contributed by atoms with Gasteiger partial charge in [-0.25, -0.2) is 4.39 Å². The van der Waals surface area contributed by atoms with Crippen molar-refractivity contribution < 1.29 is 13.9 Å². The summed E-state index contributed by atoms with van der Waals surface area (Å²) in [6.45, 7) is 7.81. The van der Waals surface area contributed by atoms with E-state index in [4.69, 9.17) is 4.74 Å². The molecule has 21 heavy (non-hydrogen) atoms. The van der Waals surface area contributed by atoms with Gasteiger partial charge in [-0.3, -0.25) is 4.79 Å². The molecule has 0 unspecified atom stereocenters. The highest BCUT2D eigenvalue weighted by Crippen LogP contribution is 2.25. The van der Waals surface area contributed by atoms with E-state index in [-0.39, 0.29) is 6.10 Å². The van der Waals surface area contributed by atoms with Gasteiger partial charge >= 0.3 is 0 Å². The standard InChI is InChI=1S/C17H24FNO2/c1-12-5-6-13(2)15(11-12)21-14-7-9-19(10-8-14)16(20)17(3,4)18/h5-6,11,14H,7-10H2,1-4H3. The highest BCUT2D eigenvalue weighted by molar-refractivity contribution is 5.84. The summed E-state index contributed by atoms with van der Waals surface area (Å²) in [5.41, 5.74) is 0.493. The molecule has 3 nitrogen and oxygen atoms in total. The summed E-state index contributed by atoms with van der Waals surface area (Å²) in [5, 5.41) is 0. The molecule has 0 saturated carbocycles. The molecule has 116 valence electrons. The van der Waals surface area contributed by atoms with E-state index in [1.165, 1.54) is 19.4 Å². The zero-order valence-electron chi connectivity index (χ0n) is 13.3. The predicted molar refractivity (Wildman–Crippen MR) is 81.3 cm³/mol. The van der Waals surface area contributed by atoms with E-state index in [0.29, 0.717) is 13.1 Å². The number of alkyl halides is 1. The van der Waals surface area contributed by atoms with E-state index >= 15 is 0 Å². The Labute approximate surface area is 126 Å². The summed E-state index contributed by atoms with van der Waals surface area (Å²) < 4.78 is 19.7. The average Bonchev–Trinajstić information content (AvgIpc) is 2.42. The number of hydrogen-bond acceptors (Lipinski definition) is 2. The minimum Gasteiger partial charge on any atom is -0.490 e. The molecule has 1 amide bonds. The maximum absolute atomic E-state index is 13.7. The first-order valence-corrected chi connectivity index (χ1v) is 7.49. The molecule has 0 bridgehead atoms. The molecule has 4 heteroatoms. The van der Waals surface area contributed by atoms with Crippen molar-refractivity contribution in [3.63, 3.8) is 0 Å². The van der Waals surface area contributed by atoms with Crippen LogP contribution in [0.5, 0.6) is 5.75 Å². The van der Waals surface area contributed by atoms with Crippen molar-refractivity contribution in [2.75, 3.05) is 13.1 Å². The zero-order chi connectivity index (χ0) is 15.6. The van der Waals surface area contributed by atoms with E-state index in [9.17, 15) is 9.18 Å². The van der Waals surface area contributed by atoms with Gasteiger partial charge in [-0.1, -0.05) is 12.1 Å². The third kappa shape index (κ3) is 3.96. The fraction of sp³-hybridized carbons (Fsp3) is 0.588. The van der Waals surface area contributed by atoms with Gasteiger partial charge in [-0.15, -0.1) is 0 Å². The Morgan fingerprint density at radius 2 is 1.90 bits per heavy atom. The van der Waals surface area contributed by atoms with Crippen LogP contribution in [0, 0.1) is 13.8 Å². The van der Waals surface area contributed by atoms with Crippen LogP contribution in [0.15, 0.2) is 18.2 Å². The third-order valence-corrected chi connectivity index (χ3v) is 3.88. The molecule has 0 aliphatic carbocycles. The van der Waals surface area contributed by atoms with Gasteiger partial charge in [0.05, 0.1) is 0 Å². The Morgan fingerprint density at radius 1 is 1.29 bits per heavy atom. The number of piperidine rings is 1. The van der Waals surface area contributed by atoms with Crippen LogP contribution in [0.2, 0.25) is 0 Å². The lowest BCUT2D eigenvalue weighted by Crippen LogP contribution is -2.48. The third-order valence-electron chi connectivity index (χ3n) is 3.88. The van der Waals surface area contributed by atoms with Gasteiger partial charge in [0.15, 0.2) is 5.67 Å². The lowest BCUT2D eigenvalue weighted by molar-refractivity contribution is -0.143. The van der Waals surface area contributed by atoms with Crippen LogP contribution >= 0.6 is 0 Å². The normalized spacial score (nSPS) is 16.9. The van der Waals surface area contributed by atoms with Crippen LogP contribution in [0.4, 0.5) is 4.39 Å². The van der Waals surface area contributed by atoms with Crippen LogP contribution < -0.4 is 4.74 Å². The van der Waals surface area contributed by atoms with Crippen molar-refractivity contribution in [3.05, 3.63) is 29.3 Å². The minimum absolute atomic E-state index is 0.0947. The predicted octanol–water partition coefficient (Wildman–Crippen LogP) is 3.42. The lowest BCUT2D eigenvalue weighted by Gasteiger charge is -2.34. The molecule has 1 aromatic carbocycles. The highest BCUT2D eigenvalue weighted by Gasteiger charge is 2.34. The minimum atomic E-state index is -1.79. The number of carbonyl (C=O) groups excluding carboxylic acids is 1. The van der Waals surface area contributed by atoms with Gasteiger partial charge < -0.3 is 9.64 Å². The van der Waals surface area contributed by atoms with Gasteiger partial charge in [0, 0.05) is 25.9 Å². The Morgan fingerprint density at radius 3 is 2.48 bits per heavy atom. The van der Waals surface area contributed by atoms with Crippen molar-refractivity contribution in [3.8, 4) is 5.75 Å². The van der Waals surface area contributed by atoms with E-state index in [1.54, 1.807) is 4.90 Å². The summed E-state index contributed by atoms with van der Waals surface area (Å²) in [6, 6.07) is 6.15. The molecular formula is C17H24FNO2. The second-order valence-electron chi connectivity index (χ2n) is 6.35. The van der Waals surface area contributed by atoms with Crippen LogP contribution in [0.3, 0.4) is 0 Å². The fourth-order valence-corrected chi connectivity index (χ4v) is 2.57. The van der Waals surface area contributed by atoms with Crippen LogP contribution in [0.25, 0.3) is 0 Å². The first-order valence-electron chi connectivity index (χ1n) is 7.49. The number of halogens is 1. The van der Waals surface area contributed by atoms with Crippen molar-refractivity contribution in [1.82, 2.24) is 4.90 Å². The van der Waals surface area contributed by atoms with Gasteiger partial charge in [0.25, 0.3) is 5.91 Å². The van der Waals surface area contributed by atoms with Crippen molar-refractivity contribution in [2.24, 2.45) is 0 Å². The number of nitrogens with zero attached hydrogens (tertiary/aromatic N) is 1. The van der Waals surface area contributed by atoms with Gasteiger partial charge in [-0.2, -0.15) is 0 Å². The average molecular weight is 293 g/mol. The maximum Gasteiger partial charge on any atom is 0.259 e.